The minimum atomic E-state index is -1.36. The number of fused-ring (bicyclic) bond motifs is 1. The van der Waals surface area contributed by atoms with Gasteiger partial charge in [-0.15, -0.1) is 10.2 Å². The second kappa shape index (κ2) is 8.95. The summed E-state index contributed by atoms with van der Waals surface area (Å²) >= 11 is 0. The van der Waals surface area contributed by atoms with E-state index >= 15 is 0 Å². The Balaban J connectivity index is 1.81. The Labute approximate surface area is 185 Å². The minimum Gasteiger partial charge on any atom is -0.462 e. The van der Waals surface area contributed by atoms with Gasteiger partial charge in [0.2, 0.25) is 11.6 Å². The maximum Gasteiger partial charge on any atom is 0.205 e. The van der Waals surface area contributed by atoms with Crippen LogP contribution in [0.15, 0.2) is 46.9 Å². The second-order valence-electron chi connectivity index (χ2n) is 7.00. The van der Waals surface area contributed by atoms with Gasteiger partial charge >= 0.3 is 0 Å². The molecule has 1 unspecified atom stereocenters. The number of aliphatic imine (C=N–C) groups is 1. The summed E-state index contributed by atoms with van der Waals surface area (Å²) in [6.45, 7) is 8.00. The number of anilines is 1. The molecule has 0 radical (unpaired) electrons. The molecule has 0 fully saturated rings. The Kier molecular flexibility index (Phi) is 5.91. The lowest BCUT2D eigenvalue weighted by atomic mass is 10.1. The molecule has 32 heavy (non-hydrogen) atoms. The molecule has 2 N–H and O–H groups in total. The van der Waals surface area contributed by atoms with E-state index in [1.54, 1.807) is 24.7 Å². The van der Waals surface area contributed by atoms with E-state index in [4.69, 9.17) is 10.1 Å². The van der Waals surface area contributed by atoms with Crippen LogP contribution in [0.3, 0.4) is 0 Å². The summed E-state index contributed by atoms with van der Waals surface area (Å²) < 4.78 is 1.44. The standard InChI is InChI=1S/C22H22N8O2/c1-4-29(5-2)15-6-7-16(14(3)12-15)25-20-19(18(32)8-11-31)28-30-21(26-27-22(20)30)17-13-23-9-10-24-17/h6-7,9-10,12-13,18,31-32H,4-5H2,1-3H3. The topological polar surface area (TPSA) is 125 Å². The van der Waals surface area contributed by atoms with E-state index in [9.17, 15) is 5.11 Å². The summed E-state index contributed by atoms with van der Waals surface area (Å²) in [6, 6.07) is 5.99. The lowest BCUT2D eigenvalue weighted by Crippen LogP contribution is -2.26. The molecule has 1 aromatic carbocycles. The van der Waals surface area contributed by atoms with Crippen LogP contribution in [-0.2, 0) is 0 Å². The van der Waals surface area contributed by atoms with E-state index in [0.29, 0.717) is 28.7 Å². The zero-order valence-electron chi connectivity index (χ0n) is 17.9. The summed E-state index contributed by atoms with van der Waals surface area (Å²) in [7, 11) is 0. The van der Waals surface area contributed by atoms with Crippen molar-refractivity contribution in [1.82, 2.24) is 24.8 Å². The van der Waals surface area contributed by atoms with Crippen molar-refractivity contribution in [2.45, 2.75) is 26.9 Å². The maximum absolute atomic E-state index is 10.5. The molecule has 1 aliphatic rings. The molecule has 0 spiro atoms. The molecule has 0 bridgehead atoms. The Morgan fingerprint density at radius 2 is 1.94 bits per heavy atom. The van der Waals surface area contributed by atoms with Crippen molar-refractivity contribution in [1.29, 1.82) is 0 Å². The van der Waals surface area contributed by atoms with Crippen molar-refractivity contribution in [2.24, 2.45) is 10.1 Å². The molecule has 1 aliphatic heterocycles. The van der Waals surface area contributed by atoms with E-state index in [1.807, 2.05) is 19.1 Å². The van der Waals surface area contributed by atoms with Crippen molar-refractivity contribution >= 4 is 22.8 Å². The number of hydrogen-bond acceptors (Lipinski definition) is 9. The molecule has 3 heterocycles. The molecule has 0 aliphatic carbocycles. The minimum absolute atomic E-state index is 0.161. The third kappa shape index (κ3) is 3.81. The van der Waals surface area contributed by atoms with Crippen LogP contribution >= 0.6 is 0 Å². The smallest absolute Gasteiger partial charge is 0.205 e. The highest BCUT2D eigenvalue weighted by molar-refractivity contribution is 6.51. The SMILES string of the molecule is CCN(CC)c1ccc(N=C2C(C(O)C#CO)=Nn3c2nnc3-c2cnccn2)c(C)c1. The van der Waals surface area contributed by atoms with Gasteiger partial charge in [0.05, 0.1) is 11.9 Å². The molecular weight excluding hydrogens is 408 g/mol. The molecule has 162 valence electrons. The van der Waals surface area contributed by atoms with Crippen LogP contribution in [0, 0.1) is 19.0 Å². The largest absolute Gasteiger partial charge is 0.462 e. The van der Waals surface area contributed by atoms with Crippen LogP contribution in [0.4, 0.5) is 11.4 Å². The van der Waals surface area contributed by atoms with Gasteiger partial charge in [-0.25, -0.2) is 9.98 Å². The molecule has 4 rings (SSSR count). The van der Waals surface area contributed by atoms with Crippen LogP contribution in [0.1, 0.15) is 25.2 Å². The summed E-state index contributed by atoms with van der Waals surface area (Å²) in [6.07, 6.45) is 5.01. The lowest BCUT2D eigenvalue weighted by molar-refractivity contribution is 0.298. The summed E-state index contributed by atoms with van der Waals surface area (Å²) in [5.41, 5.74) is 3.71. The molecule has 1 atom stereocenters. The quantitative estimate of drug-likeness (QED) is 0.572. The number of aryl methyl sites for hydroxylation is 1. The number of rotatable bonds is 6. The van der Waals surface area contributed by atoms with E-state index < -0.39 is 6.10 Å². The molecule has 2 aromatic heterocycles. The average molecular weight is 430 g/mol. The predicted octanol–water partition coefficient (Wildman–Crippen LogP) is 1.92. The van der Waals surface area contributed by atoms with Crippen LogP contribution in [0.2, 0.25) is 0 Å². The summed E-state index contributed by atoms with van der Waals surface area (Å²) in [5.74, 6) is 2.99. The zero-order chi connectivity index (χ0) is 22.7. The zero-order valence-corrected chi connectivity index (χ0v) is 17.9. The summed E-state index contributed by atoms with van der Waals surface area (Å²) in [5, 5.41) is 32.2. The van der Waals surface area contributed by atoms with Crippen molar-refractivity contribution in [2.75, 3.05) is 18.0 Å². The van der Waals surface area contributed by atoms with Crippen molar-refractivity contribution < 1.29 is 10.2 Å². The van der Waals surface area contributed by atoms with Gasteiger partial charge in [-0.1, -0.05) is 0 Å². The molecular formula is C22H22N8O2. The Hall–Kier alpha value is -4.10. The van der Waals surface area contributed by atoms with E-state index in [-0.39, 0.29) is 5.71 Å². The number of nitrogens with zero attached hydrogens (tertiary/aromatic N) is 8. The van der Waals surface area contributed by atoms with Crippen LogP contribution in [0.25, 0.3) is 11.5 Å². The van der Waals surface area contributed by atoms with Crippen LogP contribution in [-0.4, -0.2) is 65.7 Å². The van der Waals surface area contributed by atoms with Crippen molar-refractivity contribution in [3.63, 3.8) is 0 Å². The third-order valence-corrected chi connectivity index (χ3v) is 5.10. The van der Waals surface area contributed by atoms with Gasteiger partial charge in [0.1, 0.15) is 23.2 Å². The molecule has 0 amide bonds. The highest BCUT2D eigenvalue weighted by Crippen LogP contribution is 2.28. The molecule has 10 nitrogen and oxygen atoms in total. The number of aliphatic hydroxyl groups is 2. The first-order valence-electron chi connectivity index (χ1n) is 10.2. The Morgan fingerprint density at radius 1 is 1.16 bits per heavy atom. The number of hydrogen-bond donors (Lipinski definition) is 2. The normalized spacial score (nSPS) is 14.5. The van der Waals surface area contributed by atoms with Crippen molar-refractivity contribution in [3.05, 3.63) is 48.2 Å². The first-order valence-corrected chi connectivity index (χ1v) is 10.2. The maximum atomic E-state index is 10.5. The third-order valence-electron chi connectivity index (χ3n) is 5.10. The van der Waals surface area contributed by atoms with Gasteiger partial charge in [-0.05, 0) is 50.5 Å². The van der Waals surface area contributed by atoms with Crippen molar-refractivity contribution in [3.8, 4) is 23.5 Å². The fourth-order valence-corrected chi connectivity index (χ4v) is 3.46. The van der Waals surface area contributed by atoms with Gasteiger partial charge in [0, 0.05) is 31.2 Å². The molecule has 3 aromatic rings. The van der Waals surface area contributed by atoms with E-state index in [2.05, 4.69) is 56.0 Å². The van der Waals surface area contributed by atoms with Gasteiger partial charge in [-0.3, -0.25) is 4.98 Å². The Bertz CT molecular complexity index is 1250. The fourth-order valence-electron chi connectivity index (χ4n) is 3.46. The van der Waals surface area contributed by atoms with Gasteiger partial charge in [0.25, 0.3) is 0 Å². The van der Waals surface area contributed by atoms with Gasteiger partial charge in [0.15, 0.2) is 6.10 Å². The Morgan fingerprint density at radius 3 is 2.59 bits per heavy atom. The first kappa shape index (κ1) is 21.1. The number of aromatic nitrogens is 5. The van der Waals surface area contributed by atoms with E-state index in [1.165, 1.54) is 4.68 Å². The summed E-state index contributed by atoms with van der Waals surface area (Å²) in [4.78, 5) is 15.3. The lowest BCUT2D eigenvalue weighted by Gasteiger charge is -2.21. The monoisotopic (exact) mass is 430 g/mol. The van der Waals surface area contributed by atoms with Gasteiger partial charge < -0.3 is 15.1 Å². The van der Waals surface area contributed by atoms with E-state index in [0.717, 1.165) is 24.3 Å². The second-order valence-corrected chi connectivity index (χ2v) is 7.00. The first-order chi connectivity index (χ1) is 15.6. The molecule has 10 heteroatoms. The predicted molar refractivity (Wildman–Crippen MR) is 121 cm³/mol. The van der Waals surface area contributed by atoms with Crippen LogP contribution in [0.5, 0.6) is 0 Å². The highest BCUT2D eigenvalue weighted by atomic mass is 16.3. The molecule has 0 saturated heterocycles. The number of benzene rings is 1. The average Bonchev–Trinajstić information content (AvgIpc) is 3.37. The molecule has 0 saturated carbocycles. The van der Waals surface area contributed by atoms with Gasteiger partial charge in [-0.2, -0.15) is 9.78 Å². The number of aliphatic hydroxyl groups excluding tert-OH is 2. The fraction of sp³-hybridized carbons (Fsp3) is 0.273. The van der Waals surface area contributed by atoms with Crippen LogP contribution < -0.4 is 4.90 Å². The highest BCUT2D eigenvalue weighted by Gasteiger charge is 2.33.